The summed E-state index contributed by atoms with van der Waals surface area (Å²) in [5.74, 6) is -0.851. The topological polar surface area (TPSA) is 120 Å². The van der Waals surface area contributed by atoms with Crippen LogP contribution in [0.3, 0.4) is 0 Å². The van der Waals surface area contributed by atoms with Gasteiger partial charge in [-0.1, -0.05) is 26.0 Å². The molecular formula is C25H31F3N6O2. The SMILES string of the molecule is CC1(C)CN(C2CCC(n3cc(C(N)=O)c(Nc4ccc(C(C)(O)C(F)(F)F)cc4)n3)C(C#N)C2)C1. The molecule has 4 unspecified atom stereocenters. The van der Waals surface area contributed by atoms with Gasteiger partial charge in [-0.15, -0.1) is 0 Å². The van der Waals surface area contributed by atoms with Crippen molar-refractivity contribution >= 4 is 17.4 Å². The Morgan fingerprint density at radius 3 is 2.42 bits per heavy atom. The molecule has 2 aromatic rings. The van der Waals surface area contributed by atoms with Crippen LogP contribution in [0.15, 0.2) is 30.5 Å². The lowest BCUT2D eigenvalue weighted by molar-refractivity contribution is -0.258. The van der Waals surface area contributed by atoms with Crippen LogP contribution in [0.5, 0.6) is 0 Å². The van der Waals surface area contributed by atoms with E-state index >= 15 is 0 Å². The minimum Gasteiger partial charge on any atom is -0.376 e. The quantitative estimate of drug-likeness (QED) is 0.546. The standard InChI is InChI=1S/C25H31F3N6O2/c1-23(2)13-33(14-23)18-8-9-20(15(10-18)11-29)34-12-19(21(30)35)22(32-34)31-17-6-4-16(5-7-17)24(3,36)25(26,27)28/h4-7,12,15,18,20,36H,8-10,13-14H2,1-3H3,(H2,30,35)(H,31,32). The molecule has 0 radical (unpaired) electrons. The highest BCUT2D eigenvalue weighted by Crippen LogP contribution is 2.41. The van der Waals surface area contributed by atoms with Crippen molar-refractivity contribution in [3.8, 4) is 6.07 Å². The van der Waals surface area contributed by atoms with Crippen molar-refractivity contribution in [1.82, 2.24) is 14.7 Å². The third-order valence-electron chi connectivity index (χ3n) is 7.33. The van der Waals surface area contributed by atoms with Crippen LogP contribution in [0.2, 0.25) is 0 Å². The van der Waals surface area contributed by atoms with E-state index in [0.717, 1.165) is 38.1 Å². The highest BCUT2D eigenvalue weighted by Gasteiger charge is 2.51. The van der Waals surface area contributed by atoms with E-state index in [-0.39, 0.29) is 28.9 Å². The van der Waals surface area contributed by atoms with Crippen LogP contribution in [-0.4, -0.2) is 51.0 Å². The first-order chi connectivity index (χ1) is 16.7. The highest BCUT2D eigenvalue weighted by molar-refractivity contribution is 5.98. The van der Waals surface area contributed by atoms with Crippen LogP contribution < -0.4 is 11.1 Å². The highest BCUT2D eigenvalue weighted by atomic mass is 19.4. The zero-order valence-electron chi connectivity index (χ0n) is 20.5. The van der Waals surface area contributed by atoms with Crippen molar-refractivity contribution in [3.63, 3.8) is 0 Å². The van der Waals surface area contributed by atoms with Crippen LogP contribution in [0.1, 0.15) is 62.0 Å². The molecule has 1 aliphatic heterocycles. The van der Waals surface area contributed by atoms with Gasteiger partial charge in [0, 0.05) is 31.0 Å². The number of nitriles is 1. The molecule has 0 spiro atoms. The van der Waals surface area contributed by atoms with E-state index in [2.05, 4.69) is 35.2 Å². The maximum Gasteiger partial charge on any atom is 0.421 e. The van der Waals surface area contributed by atoms with Crippen LogP contribution in [0.25, 0.3) is 0 Å². The third kappa shape index (κ3) is 4.92. The van der Waals surface area contributed by atoms with E-state index in [1.165, 1.54) is 18.3 Å². The number of carbonyl (C=O) groups excluding carboxylic acids is 1. The van der Waals surface area contributed by atoms with Crippen molar-refractivity contribution in [2.45, 2.75) is 63.9 Å². The van der Waals surface area contributed by atoms with Gasteiger partial charge in [0.1, 0.15) is 5.56 Å². The molecule has 1 saturated carbocycles. The van der Waals surface area contributed by atoms with Crippen molar-refractivity contribution < 1.29 is 23.1 Å². The third-order valence-corrected chi connectivity index (χ3v) is 7.33. The molecule has 1 aliphatic carbocycles. The molecule has 36 heavy (non-hydrogen) atoms. The lowest BCUT2D eigenvalue weighted by Crippen LogP contribution is -2.58. The summed E-state index contributed by atoms with van der Waals surface area (Å²) in [4.78, 5) is 14.5. The van der Waals surface area contributed by atoms with Gasteiger partial charge in [0.15, 0.2) is 11.4 Å². The van der Waals surface area contributed by atoms with Crippen LogP contribution >= 0.6 is 0 Å². The first kappa shape index (κ1) is 26.0. The number of nitrogens with zero attached hydrogens (tertiary/aromatic N) is 4. The number of likely N-dealkylation sites (tertiary alicyclic amines) is 1. The Kier molecular flexibility index (Phi) is 6.56. The number of anilines is 2. The summed E-state index contributed by atoms with van der Waals surface area (Å²) in [6, 6.07) is 7.55. The second-order valence-electron chi connectivity index (χ2n) is 10.8. The second kappa shape index (κ2) is 9.09. The fourth-order valence-electron chi connectivity index (χ4n) is 5.24. The molecule has 8 nitrogen and oxygen atoms in total. The van der Waals surface area contributed by atoms with E-state index in [0.29, 0.717) is 30.5 Å². The van der Waals surface area contributed by atoms with Crippen LogP contribution in [-0.2, 0) is 5.60 Å². The van der Waals surface area contributed by atoms with E-state index in [1.807, 2.05) is 0 Å². The van der Waals surface area contributed by atoms with Gasteiger partial charge in [0.25, 0.3) is 5.91 Å². The van der Waals surface area contributed by atoms with E-state index in [9.17, 15) is 28.3 Å². The molecular weight excluding hydrogens is 473 g/mol. The summed E-state index contributed by atoms with van der Waals surface area (Å²) < 4.78 is 41.0. The lowest BCUT2D eigenvalue weighted by atomic mass is 9.77. The zero-order chi connectivity index (χ0) is 26.5. The van der Waals surface area contributed by atoms with Crippen molar-refractivity contribution in [2.75, 3.05) is 18.4 Å². The second-order valence-corrected chi connectivity index (χ2v) is 10.8. The number of hydrogen-bond donors (Lipinski definition) is 3. The van der Waals surface area contributed by atoms with Gasteiger partial charge in [0.2, 0.25) is 0 Å². The largest absolute Gasteiger partial charge is 0.421 e. The Morgan fingerprint density at radius 1 is 1.25 bits per heavy atom. The molecule has 0 bridgehead atoms. The minimum absolute atomic E-state index is 0.115. The molecule has 11 heteroatoms. The van der Waals surface area contributed by atoms with Gasteiger partial charge in [0.05, 0.1) is 18.0 Å². The Labute approximate surface area is 207 Å². The smallest absolute Gasteiger partial charge is 0.376 e. The fraction of sp³-hybridized carbons (Fsp3) is 0.560. The molecule has 194 valence electrons. The lowest BCUT2D eigenvalue weighted by Gasteiger charge is -2.52. The van der Waals surface area contributed by atoms with Gasteiger partial charge < -0.3 is 16.2 Å². The number of aromatic nitrogens is 2. The molecule has 1 aromatic carbocycles. The number of aliphatic hydroxyl groups is 1. The molecule has 1 aromatic heterocycles. The Balaban J connectivity index is 1.51. The summed E-state index contributed by atoms with van der Waals surface area (Å²) in [7, 11) is 0. The van der Waals surface area contributed by atoms with E-state index in [1.54, 1.807) is 4.68 Å². The molecule has 4 atom stereocenters. The number of primary amides is 1. The molecule has 2 heterocycles. The number of hydrogen-bond acceptors (Lipinski definition) is 6. The molecule has 4 N–H and O–H groups in total. The molecule has 1 saturated heterocycles. The predicted octanol–water partition coefficient (Wildman–Crippen LogP) is 4.07. The number of carbonyl (C=O) groups is 1. The maximum atomic E-state index is 13.1. The van der Waals surface area contributed by atoms with Gasteiger partial charge in [-0.25, -0.2) is 0 Å². The molecule has 1 amide bonds. The number of benzene rings is 1. The molecule has 2 aliphatic rings. The number of nitrogens with two attached hydrogens (primary N) is 1. The van der Waals surface area contributed by atoms with Crippen molar-refractivity contribution in [1.29, 1.82) is 5.26 Å². The van der Waals surface area contributed by atoms with Crippen molar-refractivity contribution in [3.05, 3.63) is 41.6 Å². The van der Waals surface area contributed by atoms with E-state index in [4.69, 9.17) is 5.73 Å². The number of halogens is 3. The van der Waals surface area contributed by atoms with Gasteiger partial charge in [-0.2, -0.15) is 23.5 Å². The number of amides is 1. The summed E-state index contributed by atoms with van der Waals surface area (Å²) in [5.41, 5.74) is 3.03. The maximum absolute atomic E-state index is 13.1. The molecule has 2 fully saturated rings. The van der Waals surface area contributed by atoms with Gasteiger partial charge in [-0.05, 0) is 49.3 Å². The van der Waals surface area contributed by atoms with Crippen molar-refractivity contribution in [2.24, 2.45) is 17.1 Å². The van der Waals surface area contributed by atoms with Gasteiger partial charge >= 0.3 is 6.18 Å². The predicted molar refractivity (Wildman–Crippen MR) is 127 cm³/mol. The molecule has 4 rings (SSSR count). The average molecular weight is 505 g/mol. The van der Waals surface area contributed by atoms with Crippen LogP contribution in [0, 0.1) is 22.7 Å². The summed E-state index contributed by atoms with van der Waals surface area (Å²) in [6.07, 6.45) is -0.960. The normalized spacial score (nSPS) is 25.9. The van der Waals surface area contributed by atoms with Gasteiger partial charge in [-0.3, -0.25) is 14.4 Å². The number of nitrogens with one attached hydrogen (secondary N) is 1. The minimum atomic E-state index is -4.83. The summed E-state index contributed by atoms with van der Waals surface area (Å²) in [5, 5.41) is 27.2. The fourth-order valence-corrected chi connectivity index (χ4v) is 5.24. The first-order valence-corrected chi connectivity index (χ1v) is 11.9. The monoisotopic (exact) mass is 504 g/mol. The zero-order valence-corrected chi connectivity index (χ0v) is 20.5. The van der Waals surface area contributed by atoms with Crippen LogP contribution in [0.4, 0.5) is 24.7 Å². The summed E-state index contributed by atoms with van der Waals surface area (Å²) >= 11 is 0. The Morgan fingerprint density at radius 2 is 1.89 bits per heavy atom. The Bertz CT molecular complexity index is 1160. The summed E-state index contributed by atoms with van der Waals surface area (Å²) in [6.45, 7) is 7.17. The average Bonchev–Trinajstić information content (AvgIpc) is 3.20. The first-order valence-electron chi connectivity index (χ1n) is 11.9. The number of rotatable bonds is 6. The Hall–Kier alpha value is -3.10. The number of alkyl halides is 3. The van der Waals surface area contributed by atoms with E-state index < -0.39 is 17.7 Å².